The molecule has 2 aromatic rings. The first-order valence-corrected chi connectivity index (χ1v) is 8.54. The van der Waals surface area contributed by atoms with Crippen molar-refractivity contribution in [2.45, 2.75) is 35.3 Å². The van der Waals surface area contributed by atoms with E-state index in [4.69, 9.17) is 5.73 Å². The third-order valence-corrected chi connectivity index (χ3v) is 5.83. The monoisotopic (exact) mass is 301 g/mol. The Labute approximate surface area is 130 Å². The van der Waals surface area contributed by atoms with E-state index in [1.165, 1.54) is 29.7 Å². The van der Waals surface area contributed by atoms with Crippen LogP contribution in [0.5, 0.6) is 0 Å². The zero-order chi connectivity index (χ0) is 14.7. The van der Waals surface area contributed by atoms with E-state index in [-0.39, 0.29) is 0 Å². The first-order valence-electron chi connectivity index (χ1n) is 7.66. The molecule has 0 aliphatic heterocycles. The molecule has 3 atom stereocenters. The zero-order valence-electron chi connectivity index (χ0n) is 12.5. The van der Waals surface area contributed by atoms with E-state index >= 15 is 0 Å². The Morgan fingerprint density at radius 1 is 1.29 bits per heavy atom. The van der Waals surface area contributed by atoms with Crippen molar-refractivity contribution >= 4 is 11.8 Å². The molecule has 1 aliphatic rings. The van der Waals surface area contributed by atoms with Gasteiger partial charge in [0, 0.05) is 23.4 Å². The summed E-state index contributed by atoms with van der Waals surface area (Å²) < 4.78 is 1.87. The van der Waals surface area contributed by atoms with E-state index < -0.39 is 0 Å². The molecule has 3 nitrogen and oxygen atoms in total. The molecular weight excluding hydrogens is 278 g/mol. The fourth-order valence-corrected chi connectivity index (χ4v) is 4.71. The van der Waals surface area contributed by atoms with E-state index in [2.05, 4.69) is 41.6 Å². The fourth-order valence-electron chi connectivity index (χ4n) is 3.27. The highest BCUT2D eigenvalue weighted by molar-refractivity contribution is 8.00. The van der Waals surface area contributed by atoms with Gasteiger partial charge in [-0.2, -0.15) is 5.10 Å². The highest BCUT2D eigenvalue weighted by atomic mass is 32.2. The summed E-state index contributed by atoms with van der Waals surface area (Å²) in [4.78, 5) is 1.26. The summed E-state index contributed by atoms with van der Waals surface area (Å²) in [5, 5.41) is 4.87. The van der Waals surface area contributed by atoms with Crippen LogP contribution < -0.4 is 5.73 Å². The predicted molar refractivity (Wildman–Crippen MR) is 88.4 cm³/mol. The second-order valence-corrected chi connectivity index (χ2v) is 7.24. The molecule has 0 amide bonds. The van der Waals surface area contributed by atoms with E-state index in [0.29, 0.717) is 17.1 Å². The summed E-state index contributed by atoms with van der Waals surface area (Å²) in [7, 11) is 1.97. The Morgan fingerprint density at radius 3 is 2.76 bits per heavy atom. The van der Waals surface area contributed by atoms with Crippen LogP contribution in [0.4, 0.5) is 0 Å². The Hall–Kier alpha value is -1.26. The number of hydrogen-bond acceptors (Lipinski definition) is 3. The van der Waals surface area contributed by atoms with E-state index in [9.17, 15) is 0 Å². The van der Waals surface area contributed by atoms with Gasteiger partial charge in [0.05, 0.1) is 6.20 Å². The lowest BCUT2D eigenvalue weighted by Crippen LogP contribution is -2.31. The van der Waals surface area contributed by atoms with Gasteiger partial charge in [-0.25, -0.2) is 0 Å². The summed E-state index contributed by atoms with van der Waals surface area (Å²) in [5.41, 5.74) is 7.48. The molecule has 3 rings (SSSR count). The largest absolute Gasteiger partial charge is 0.330 e. The Kier molecular flexibility index (Phi) is 4.66. The maximum absolute atomic E-state index is 6.00. The minimum Gasteiger partial charge on any atom is -0.330 e. The van der Waals surface area contributed by atoms with Crippen LogP contribution in [0, 0.1) is 5.92 Å². The maximum atomic E-state index is 6.00. The molecule has 1 aromatic carbocycles. The molecule has 4 heteroatoms. The standard InChI is InChI=1S/C17H23N3S/c1-20-12-16(11-19-20)21-17-9-14(7-8-15(17)10-18)13-5-3-2-4-6-13/h2-6,11-12,14-15,17H,7-10,18H2,1H3. The Morgan fingerprint density at radius 2 is 2.10 bits per heavy atom. The fraction of sp³-hybridized carbons (Fsp3) is 0.471. The molecule has 3 unspecified atom stereocenters. The number of nitrogens with two attached hydrogens (primary N) is 1. The van der Waals surface area contributed by atoms with Crippen LogP contribution in [-0.2, 0) is 7.05 Å². The highest BCUT2D eigenvalue weighted by Gasteiger charge is 2.31. The number of rotatable bonds is 4. The topological polar surface area (TPSA) is 43.8 Å². The molecule has 0 spiro atoms. The lowest BCUT2D eigenvalue weighted by Gasteiger charge is -2.35. The van der Waals surface area contributed by atoms with Crippen LogP contribution in [0.2, 0.25) is 0 Å². The van der Waals surface area contributed by atoms with Crippen LogP contribution in [0.3, 0.4) is 0 Å². The molecule has 21 heavy (non-hydrogen) atoms. The maximum Gasteiger partial charge on any atom is 0.0625 e. The van der Waals surface area contributed by atoms with Crippen molar-refractivity contribution < 1.29 is 0 Å². The first kappa shape index (κ1) is 14.7. The first-order chi connectivity index (χ1) is 10.3. The second-order valence-electron chi connectivity index (χ2n) is 5.92. The van der Waals surface area contributed by atoms with Gasteiger partial charge in [0.2, 0.25) is 0 Å². The van der Waals surface area contributed by atoms with Crippen molar-refractivity contribution in [1.29, 1.82) is 0 Å². The Bertz CT molecular complexity index is 566. The second kappa shape index (κ2) is 6.67. The molecular formula is C17H23N3S. The van der Waals surface area contributed by atoms with Gasteiger partial charge in [-0.15, -0.1) is 11.8 Å². The minimum absolute atomic E-state index is 0.596. The molecule has 1 saturated carbocycles. The molecule has 1 aliphatic carbocycles. The average Bonchev–Trinajstić information content (AvgIpc) is 2.93. The molecule has 1 fully saturated rings. The zero-order valence-corrected chi connectivity index (χ0v) is 13.3. The number of aromatic nitrogens is 2. The van der Waals surface area contributed by atoms with Gasteiger partial charge >= 0.3 is 0 Å². The van der Waals surface area contributed by atoms with E-state index in [1.807, 2.05) is 29.7 Å². The molecule has 112 valence electrons. The van der Waals surface area contributed by atoms with Crippen molar-refractivity contribution in [2.75, 3.05) is 6.54 Å². The normalized spacial score (nSPS) is 25.9. The van der Waals surface area contributed by atoms with Crippen LogP contribution in [0.25, 0.3) is 0 Å². The highest BCUT2D eigenvalue weighted by Crippen LogP contribution is 2.43. The lowest BCUT2D eigenvalue weighted by molar-refractivity contribution is 0.344. The van der Waals surface area contributed by atoms with E-state index in [1.54, 1.807) is 0 Å². The summed E-state index contributed by atoms with van der Waals surface area (Å²) in [6, 6.07) is 10.9. The van der Waals surface area contributed by atoms with Gasteiger partial charge in [-0.05, 0) is 43.2 Å². The van der Waals surface area contributed by atoms with Crippen molar-refractivity contribution in [3.8, 4) is 0 Å². The number of benzene rings is 1. The van der Waals surface area contributed by atoms with Crippen molar-refractivity contribution in [3.05, 3.63) is 48.3 Å². The molecule has 1 heterocycles. The van der Waals surface area contributed by atoms with Gasteiger partial charge in [0.1, 0.15) is 0 Å². The quantitative estimate of drug-likeness (QED) is 0.941. The minimum atomic E-state index is 0.596. The van der Waals surface area contributed by atoms with Crippen molar-refractivity contribution in [2.24, 2.45) is 18.7 Å². The van der Waals surface area contributed by atoms with Crippen molar-refractivity contribution in [1.82, 2.24) is 9.78 Å². The summed E-state index contributed by atoms with van der Waals surface area (Å²) >= 11 is 1.95. The summed E-state index contributed by atoms with van der Waals surface area (Å²) in [5.74, 6) is 1.29. The van der Waals surface area contributed by atoms with Gasteiger partial charge in [-0.1, -0.05) is 30.3 Å². The number of nitrogens with zero attached hydrogens (tertiary/aromatic N) is 2. The Balaban J connectivity index is 1.72. The third-order valence-electron chi connectivity index (χ3n) is 4.47. The van der Waals surface area contributed by atoms with Gasteiger partial charge in [-0.3, -0.25) is 4.68 Å². The third kappa shape index (κ3) is 3.50. The number of aryl methyl sites for hydroxylation is 1. The summed E-state index contributed by atoms with van der Waals surface area (Å²) in [6.45, 7) is 0.791. The summed E-state index contributed by atoms with van der Waals surface area (Å²) in [6.07, 6.45) is 7.77. The van der Waals surface area contributed by atoms with Gasteiger partial charge in [0.15, 0.2) is 0 Å². The van der Waals surface area contributed by atoms with Crippen LogP contribution in [0.15, 0.2) is 47.6 Å². The lowest BCUT2D eigenvalue weighted by atomic mass is 9.78. The number of thioether (sulfide) groups is 1. The average molecular weight is 301 g/mol. The molecule has 1 aromatic heterocycles. The number of hydrogen-bond donors (Lipinski definition) is 1. The van der Waals surface area contributed by atoms with Gasteiger partial charge in [0.25, 0.3) is 0 Å². The molecule has 0 saturated heterocycles. The molecule has 0 radical (unpaired) electrons. The van der Waals surface area contributed by atoms with Crippen LogP contribution >= 0.6 is 11.8 Å². The van der Waals surface area contributed by atoms with Crippen LogP contribution in [-0.4, -0.2) is 21.6 Å². The molecule has 0 bridgehead atoms. The predicted octanol–water partition coefficient (Wildman–Crippen LogP) is 3.42. The SMILES string of the molecule is Cn1cc(SC2CC(c3ccccc3)CCC2CN)cn1. The molecule has 2 N–H and O–H groups in total. The van der Waals surface area contributed by atoms with Gasteiger partial charge < -0.3 is 5.73 Å². The van der Waals surface area contributed by atoms with E-state index in [0.717, 1.165) is 6.54 Å². The van der Waals surface area contributed by atoms with Crippen molar-refractivity contribution in [3.63, 3.8) is 0 Å². The van der Waals surface area contributed by atoms with Crippen LogP contribution in [0.1, 0.15) is 30.7 Å². The smallest absolute Gasteiger partial charge is 0.0625 e.